The largest absolute Gasteiger partial charge is 0.359 e. The van der Waals surface area contributed by atoms with Crippen LogP contribution in [0.5, 0.6) is 0 Å². The molecule has 0 spiro atoms. The molecule has 0 N–H and O–H groups in total. The van der Waals surface area contributed by atoms with Gasteiger partial charge in [-0.05, 0) is 54.4 Å². The Kier molecular flexibility index (Phi) is 5.27. The van der Waals surface area contributed by atoms with Crippen molar-refractivity contribution in [2.75, 3.05) is 18.5 Å². The number of carbonyl (C=O) groups is 3. The molecule has 8 heteroatoms. The molecule has 2 saturated heterocycles. The molecule has 3 aromatic rings. The lowest BCUT2D eigenvalue weighted by Crippen LogP contribution is -2.43. The van der Waals surface area contributed by atoms with E-state index in [2.05, 4.69) is 4.85 Å². The summed E-state index contributed by atoms with van der Waals surface area (Å²) in [7, 11) is 1.64. The van der Waals surface area contributed by atoms with Gasteiger partial charge < -0.3 is 9.64 Å². The molecule has 3 aliphatic heterocycles. The van der Waals surface area contributed by atoms with E-state index >= 15 is 0 Å². The molecule has 0 aromatic heterocycles. The van der Waals surface area contributed by atoms with Crippen LogP contribution in [0.15, 0.2) is 72.8 Å². The standard InChI is InChI=1S/C30H24FN3O4/c1-29-14-15-30(38-29,16-17-33(3)26(35)18-8-10-19(31)11-9-18)25-24(29)27(36)34(28(25)37)23-13-12-22(32-2)20-6-4-5-7-21(20)23/h4-15,24-25H,16-17H2,1,3H3/t24-,25+,29?,30?/m1/s1. The highest BCUT2D eigenvalue weighted by Crippen LogP contribution is 2.59. The predicted molar refractivity (Wildman–Crippen MR) is 139 cm³/mol. The van der Waals surface area contributed by atoms with Gasteiger partial charge >= 0.3 is 0 Å². The highest BCUT2D eigenvalue weighted by molar-refractivity contribution is 6.26. The van der Waals surface area contributed by atoms with Gasteiger partial charge in [0, 0.05) is 19.2 Å². The average molecular weight is 510 g/mol. The molecule has 38 heavy (non-hydrogen) atoms. The Labute approximate surface area is 218 Å². The van der Waals surface area contributed by atoms with Gasteiger partial charge in [-0.1, -0.05) is 42.5 Å². The van der Waals surface area contributed by atoms with Crippen LogP contribution in [0.3, 0.4) is 0 Å². The lowest BCUT2D eigenvalue weighted by molar-refractivity contribution is -0.129. The smallest absolute Gasteiger partial charge is 0.253 e. The Morgan fingerprint density at radius 2 is 1.71 bits per heavy atom. The first-order valence-electron chi connectivity index (χ1n) is 12.4. The van der Waals surface area contributed by atoms with Gasteiger partial charge in [-0.25, -0.2) is 14.1 Å². The molecule has 2 bridgehead atoms. The predicted octanol–water partition coefficient (Wildman–Crippen LogP) is 4.90. The Morgan fingerprint density at radius 1 is 1.03 bits per heavy atom. The molecule has 2 unspecified atom stereocenters. The van der Waals surface area contributed by atoms with Crippen molar-refractivity contribution in [2.45, 2.75) is 24.5 Å². The van der Waals surface area contributed by atoms with Gasteiger partial charge in [0.2, 0.25) is 11.8 Å². The molecule has 3 aliphatic rings. The topological polar surface area (TPSA) is 71.3 Å². The minimum Gasteiger partial charge on any atom is -0.359 e. The minimum absolute atomic E-state index is 0.268. The van der Waals surface area contributed by atoms with Gasteiger partial charge in [-0.3, -0.25) is 14.4 Å². The molecule has 190 valence electrons. The summed E-state index contributed by atoms with van der Waals surface area (Å²) in [5.41, 5.74) is -0.718. The third-order valence-electron chi connectivity index (χ3n) is 8.07. The molecular weight excluding hydrogens is 485 g/mol. The summed E-state index contributed by atoms with van der Waals surface area (Å²) in [4.78, 5) is 47.0. The fourth-order valence-corrected chi connectivity index (χ4v) is 6.20. The first kappa shape index (κ1) is 24.0. The van der Waals surface area contributed by atoms with Crippen LogP contribution in [-0.2, 0) is 14.3 Å². The lowest BCUT2D eigenvalue weighted by atomic mass is 9.71. The van der Waals surface area contributed by atoms with Crippen LogP contribution in [0.1, 0.15) is 23.7 Å². The number of hydrogen-bond acceptors (Lipinski definition) is 4. The van der Waals surface area contributed by atoms with Crippen molar-refractivity contribution in [3.8, 4) is 0 Å². The Morgan fingerprint density at radius 3 is 2.42 bits per heavy atom. The van der Waals surface area contributed by atoms with Crippen molar-refractivity contribution < 1.29 is 23.5 Å². The highest BCUT2D eigenvalue weighted by Gasteiger charge is 2.72. The monoisotopic (exact) mass is 509 g/mol. The van der Waals surface area contributed by atoms with Crippen molar-refractivity contribution in [2.24, 2.45) is 11.8 Å². The molecule has 3 amide bonds. The fourth-order valence-electron chi connectivity index (χ4n) is 6.20. The van der Waals surface area contributed by atoms with Gasteiger partial charge in [-0.2, -0.15) is 0 Å². The van der Waals surface area contributed by atoms with Crippen molar-refractivity contribution in [3.63, 3.8) is 0 Å². The third kappa shape index (κ3) is 3.32. The number of rotatable bonds is 5. The van der Waals surface area contributed by atoms with Crippen molar-refractivity contribution >= 4 is 39.9 Å². The van der Waals surface area contributed by atoms with Crippen LogP contribution in [0.2, 0.25) is 0 Å². The number of carbonyl (C=O) groups excluding carboxylic acids is 3. The van der Waals surface area contributed by atoms with E-state index in [0.29, 0.717) is 34.1 Å². The van der Waals surface area contributed by atoms with Crippen molar-refractivity contribution in [1.82, 2.24) is 4.90 Å². The fraction of sp³-hybridized carbons (Fsp3) is 0.267. The second-order valence-corrected chi connectivity index (χ2v) is 10.3. The second kappa shape index (κ2) is 8.33. The molecule has 2 fully saturated rings. The summed E-state index contributed by atoms with van der Waals surface area (Å²) in [6, 6.07) is 15.9. The summed E-state index contributed by atoms with van der Waals surface area (Å²) in [6.07, 6.45) is 4.03. The number of fused-ring (bicyclic) bond motifs is 6. The van der Waals surface area contributed by atoms with Crippen LogP contribution in [0.25, 0.3) is 15.6 Å². The van der Waals surface area contributed by atoms with Gasteiger partial charge in [0.15, 0.2) is 5.69 Å². The van der Waals surface area contributed by atoms with E-state index in [4.69, 9.17) is 11.3 Å². The molecule has 6 rings (SSSR count). The number of ether oxygens (including phenoxy) is 1. The van der Waals surface area contributed by atoms with Crippen LogP contribution in [0.4, 0.5) is 15.8 Å². The Bertz CT molecular complexity index is 1590. The first-order valence-corrected chi connectivity index (χ1v) is 12.4. The number of nitrogens with zero attached hydrogens (tertiary/aromatic N) is 3. The van der Waals surface area contributed by atoms with Crippen LogP contribution in [-0.4, -0.2) is 47.4 Å². The molecule has 0 radical (unpaired) electrons. The Hall–Kier alpha value is -4.35. The zero-order valence-corrected chi connectivity index (χ0v) is 20.8. The summed E-state index contributed by atoms with van der Waals surface area (Å²) >= 11 is 0. The quantitative estimate of drug-likeness (QED) is 0.279. The number of benzene rings is 3. The van der Waals surface area contributed by atoms with Gasteiger partial charge in [-0.15, -0.1) is 0 Å². The van der Waals surface area contributed by atoms with E-state index in [1.165, 1.54) is 34.1 Å². The maximum absolute atomic E-state index is 14.0. The molecular formula is C30H24FN3O4. The van der Waals surface area contributed by atoms with E-state index in [1.54, 1.807) is 19.2 Å². The number of halogens is 1. The molecule has 3 aromatic carbocycles. The van der Waals surface area contributed by atoms with E-state index in [-0.39, 0.29) is 24.3 Å². The first-order chi connectivity index (χ1) is 18.2. The van der Waals surface area contributed by atoms with Gasteiger partial charge in [0.1, 0.15) is 11.4 Å². The zero-order chi connectivity index (χ0) is 26.8. The summed E-state index contributed by atoms with van der Waals surface area (Å²) in [5.74, 6) is -2.81. The number of imide groups is 1. The summed E-state index contributed by atoms with van der Waals surface area (Å²) in [6.45, 7) is 9.57. The molecule has 7 nitrogen and oxygen atoms in total. The van der Waals surface area contributed by atoms with Crippen molar-refractivity contribution in [1.29, 1.82) is 0 Å². The molecule has 3 heterocycles. The maximum atomic E-state index is 14.0. The van der Waals surface area contributed by atoms with Crippen LogP contribution < -0.4 is 4.90 Å². The number of amides is 3. The highest BCUT2D eigenvalue weighted by atomic mass is 19.1. The van der Waals surface area contributed by atoms with Crippen molar-refractivity contribution in [3.05, 3.63) is 95.6 Å². The van der Waals surface area contributed by atoms with E-state index in [0.717, 1.165) is 0 Å². The average Bonchev–Trinajstić information content (AvgIpc) is 3.51. The second-order valence-electron chi connectivity index (χ2n) is 10.3. The third-order valence-corrected chi connectivity index (χ3v) is 8.07. The van der Waals surface area contributed by atoms with E-state index < -0.39 is 28.9 Å². The van der Waals surface area contributed by atoms with E-state index in [9.17, 15) is 18.8 Å². The normalized spacial score (nSPS) is 27.2. The number of hydrogen-bond donors (Lipinski definition) is 0. The van der Waals surface area contributed by atoms with E-state index in [1.807, 2.05) is 43.3 Å². The minimum atomic E-state index is -1.04. The number of anilines is 1. The molecule has 0 saturated carbocycles. The van der Waals surface area contributed by atoms with Gasteiger partial charge in [0.25, 0.3) is 5.91 Å². The zero-order valence-electron chi connectivity index (χ0n) is 20.8. The summed E-state index contributed by atoms with van der Waals surface area (Å²) in [5, 5.41) is 1.34. The van der Waals surface area contributed by atoms with Crippen LogP contribution >= 0.6 is 0 Å². The lowest BCUT2D eigenvalue weighted by Gasteiger charge is -2.31. The summed E-state index contributed by atoms with van der Waals surface area (Å²) < 4.78 is 19.7. The SMILES string of the molecule is [C-]#[N+]c1ccc(N2C(=O)[C@@H]3[C@H](C2=O)C2(C)C=CC3(CCN(C)C(=O)c3ccc(F)cc3)O2)c2ccccc12. The molecule has 4 atom stereocenters. The van der Waals surface area contributed by atoms with Gasteiger partial charge in [0.05, 0.1) is 29.7 Å². The maximum Gasteiger partial charge on any atom is 0.253 e. The van der Waals surface area contributed by atoms with Crippen LogP contribution in [0, 0.1) is 24.2 Å². The Balaban J connectivity index is 1.31. The molecule has 0 aliphatic carbocycles.